The smallest absolute Gasteiger partial charge is 0.266 e. The SMILES string of the molecule is CCCOc1ccc([C@H]2[C@H]3C(=O)N(c4ccccc4F)C(=O)[C@@H]3ON2c2ccccc2)cc1OCC. The van der Waals surface area contributed by atoms with Gasteiger partial charge in [0.2, 0.25) is 5.91 Å². The van der Waals surface area contributed by atoms with Crippen LogP contribution in [0.5, 0.6) is 11.5 Å². The number of rotatable bonds is 8. The van der Waals surface area contributed by atoms with Gasteiger partial charge in [-0.3, -0.25) is 14.4 Å². The number of amides is 2. The Kier molecular flexibility index (Phi) is 6.61. The van der Waals surface area contributed by atoms with Crippen LogP contribution >= 0.6 is 0 Å². The number of hydroxylamine groups is 1. The molecule has 5 rings (SSSR count). The summed E-state index contributed by atoms with van der Waals surface area (Å²) < 4.78 is 26.3. The van der Waals surface area contributed by atoms with Crippen molar-refractivity contribution >= 4 is 23.2 Å². The van der Waals surface area contributed by atoms with Gasteiger partial charge in [-0.05, 0) is 55.3 Å². The molecule has 2 aliphatic heterocycles. The van der Waals surface area contributed by atoms with Crippen molar-refractivity contribution in [1.29, 1.82) is 0 Å². The number of para-hydroxylation sites is 2. The van der Waals surface area contributed by atoms with Gasteiger partial charge in [-0.25, -0.2) is 14.4 Å². The Morgan fingerprint density at radius 1 is 0.889 bits per heavy atom. The molecule has 7 nitrogen and oxygen atoms in total. The number of carbonyl (C=O) groups is 2. The average Bonchev–Trinajstić information content (AvgIpc) is 3.40. The first kappa shape index (κ1) is 23.8. The molecule has 2 fully saturated rings. The van der Waals surface area contributed by atoms with Crippen LogP contribution in [0, 0.1) is 11.7 Å². The van der Waals surface area contributed by atoms with Crippen LogP contribution in [0.2, 0.25) is 0 Å². The molecule has 0 aromatic heterocycles. The molecule has 3 aromatic rings. The number of fused-ring (bicyclic) bond motifs is 1. The summed E-state index contributed by atoms with van der Waals surface area (Å²) in [6.45, 7) is 4.87. The maximum atomic E-state index is 14.6. The van der Waals surface area contributed by atoms with E-state index in [0.717, 1.165) is 16.9 Å². The third-order valence-corrected chi connectivity index (χ3v) is 6.29. The minimum Gasteiger partial charge on any atom is -0.490 e. The molecule has 3 atom stereocenters. The van der Waals surface area contributed by atoms with Gasteiger partial charge in [0.1, 0.15) is 11.7 Å². The summed E-state index contributed by atoms with van der Waals surface area (Å²) in [6, 6.07) is 19.9. The molecule has 0 aliphatic carbocycles. The highest BCUT2D eigenvalue weighted by molar-refractivity contribution is 6.24. The number of hydrogen-bond acceptors (Lipinski definition) is 6. The van der Waals surface area contributed by atoms with Crippen molar-refractivity contribution in [2.75, 3.05) is 23.2 Å². The van der Waals surface area contributed by atoms with Gasteiger partial charge < -0.3 is 9.47 Å². The van der Waals surface area contributed by atoms with E-state index in [4.69, 9.17) is 14.3 Å². The van der Waals surface area contributed by atoms with Crippen LogP contribution in [0.25, 0.3) is 0 Å². The molecule has 0 spiro atoms. The molecule has 0 radical (unpaired) electrons. The van der Waals surface area contributed by atoms with E-state index in [9.17, 15) is 14.0 Å². The highest BCUT2D eigenvalue weighted by atomic mass is 19.1. The van der Waals surface area contributed by atoms with Crippen molar-refractivity contribution in [1.82, 2.24) is 0 Å². The van der Waals surface area contributed by atoms with E-state index in [0.29, 0.717) is 30.4 Å². The van der Waals surface area contributed by atoms with E-state index >= 15 is 0 Å². The Labute approximate surface area is 208 Å². The molecule has 2 aliphatic rings. The normalized spacial score (nSPS) is 21.1. The lowest BCUT2D eigenvalue weighted by Gasteiger charge is -2.29. The minimum absolute atomic E-state index is 0.0752. The second kappa shape index (κ2) is 9.99. The Morgan fingerprint density at radius 3 is 2.36 bits per heavy atom. The lowest BCUT2D eigenvalue weighted by Crippen LogP contribution is -2.37. The quantitative estimate of drug-likeness (QED) is 0.411. The summed E-state index contributed by atoms with van der Waals surface area (Å²) >= 11 is 0. The molecule has 2 heterocycles. The van der Waals surface area contributed by atoms with E-state index in [1.807, 2.05) is 62.4 Å². The van der Waals surface area contributed by atoms with Gasteiger partial charge in [-0.1, -0.05) is 43.3 Å². The number of nitrogens with zero attached hydrogens (tertiary/aromatic N) is 2. The molecule has 2 saturated heterocycles. The topological polar surface area (TPSA) is 68.3 Å². The average molecular weight is 491 g/mol. The highest BCUT2D eigenvalue weighted by Gasteiger charge is 2.60. The molecular weight excluding hydrogens is 463 g/mol. The fraction of sp³-hybridized carbons (Fsp3) is 0.286. The summed E-state index contributed by atoms with van der Waals surface area (Å²) in [5, 5.41) is 1.60. The molecule has 3 aromatic carbocycles. The lowest BCUT2D eigenvalue weighted by molar-refractivity contribution is -0.126. The number of hydrogen-bond donors (Lipinski definition) is 0. The molecule has 0 unspecified atom stereocenters. The van der Waals surface area contributed by atoms with Gasteiger partial charge >= 0.3 is 0 Å². The number of ether oxygens (including phenoxy) is 2. The van der Waals surface area contributed by atoms with Gasteiger partial charge in [0.25, 0.3) is 5.91 Å². The number of halogens is 1. The highest BCUT2D eigenvalue weighted by Crippen LogP contribution is 2.49. The largest absolute Gasteiger partial charge is 0.490 e. The van der Waals surface area contributed by atoms with Gasteiger partial charge in [-0.15, -0.1) is 0 Å². The van der Waals surface area contributed by atoms with Crippen molar-refractivity contribution in [2.24, 2.45) is 5.92 Å². The summed E-state index contributed by atoms with van der Waals surface area (Å²) in [5.74, 6) is -1.48. The van der Waals surface area contributed by atoms with Crippen molar-refractivity contribution in [2.45, 2.75) is 32.4 Å². The first-order valence-electron chi connectivity index (χ1n) is 12.1. The minimum atomic E-state index is -1.09. The monoisotopic (exact) mass is 490 g/mol. The Morgan fingerprint density at radius 2 is 1.64 bits per heavy atom. The molecular formula is C28H27FN2O5. The standard InChI is InChI=1S/C28H27FN2O5/c1-3-16-35-22-15-14-18(17-23(22)34-4-2)25-24-26(36-31(25)19-10-6-5-7-11-19)28(33)30(27(24)32)21-13-9-8-12-20(21)29/h5-15,17,24-26H,3-4,16H2,1-2H3/t24-,25+,26-/m1/s1. The first-order chi connectivity index (χ1) is 17.5. The molecule has 0 saturated carbocycles. The molecule has 36 heavy (non-hydrogen) atoms. The van der Waals surface area contributed by atoms with E-state index in [2.05, 4.69) is 0 Å². The van der Waals surface area contributed by atoms with E-state index in [1.165, 1.54) is 18.2 Å². The first-order valence-corrected chi connectivity index (χ1v) is 12.1. The van der Waals surface area contributed by atoms with Crippen LogP contribution in [0.1, 0.15) is 31.9 Å². The van der Waals surface area contributed by atoms with Crippen LogP contribution in [0.3, 0.4) is 0 Å². The summed E-state index contributed by atoms with van der Waals surface area (Å²) in [7, 11) is 0. The van der Waals surface area contributed by atoms with E-state index in [-0.39, 0.29) is 5.69 Å². The van der Waals surface area contributed by atoms with Crippen molar-refractivity contribution in [3.05, 3.63) is 84.2 Å². The van der Waals surface area contributed by atoms with Crippen molar-refractivity contribution in [3.63, 3.8) is 0 Å². The zero-order valence-electron chi connectivity index (χ0n) is 20.1. The van der Waals surface area contributed by atoms with E-state index in [1.54, 1.807) is 11.1 Å². The van der Waals surface area contributed by atoms with Gasteiger partial charge in [-0.2, -0.15) is 0 Å². The van der Waals surface area contributed by atoms with Crippen molar-refractivity contribution in [3.8, 4) is 11.5 Å². The molecule has 0 bridgehead atoms. The second-order valence-corrected chi connectivity index (χ2v) is 8.61. The summed E-state index contributed by atoms with van der Waals surface area (Å²) in [6.07, 6.45) is -0.244. The Balaban J connectivity index is 1.59. The predicted octanol–water partition coefficient (Wildman–Crippen LogP) is 5.06. The summed E-state index contributed by atoms with van der Waals surface area (Å²) in [4.78, 5) is 34.1. The number of anilines is 2. The zero-order valence-corrected chi connectivity index (χ0v) is 20.1. The predicted molar refractivity (Wildman–Crippen MR) is 132 cm³/mol. The Bertz CT molecular complexity index is 1270. The Hall–Kier alpha value is -3.91. The van der Waals surface area contributed by atoms with Crippen LogP contribution in [-0.4, -0.2) is 31.1 Å². The van der Waals surface area contributed by atoms with Gasteiger partial charge in [0.05, 0.1) is 30.6 Å². The van der Waals surface area contributed by atoms with Crippen LogP contribution in [0.4, 0.5) is 15.8 Å². The fourth-order valence-corrected chi connectivity index (χ4v) is 4.73. The molecule has 8 heteroatoms. The third-order valence-electron chi connectivity index (χ3n) is 6.29. The molecule has 186 valence electrons. The number of imide groups is 1. The number of carbonyl (C=O) groups excluding carboxylic acids is 2. The lowest BCUT2D eigenvalue weighted by atomic mass is 9.90. The molecule has 2 amide bonds. The van der Waals surface area contributed by atoms with Gasteiger partial charge in [0, 0.05) is 0 Å². The van der Waals surface area contributed by atoms with Crippen molar-refractivity contribution < 1.29 is 28.3 Å². The summed E-state index contributed by atoms with van der Waals surface area (Å²) in [5.41, 5.74) is 1.34. The van der Waals surface area contributed by atoms with Crippen LogP contribution in [-0.2, 0) is 14.4 Å². The second-order valence-electron chi connectivity index (χ2n) is 8.61. The third kappa shape index (κ3) is 4.07. The fourth-order valence-electron chi connectivity index (χ4n) is 4.73. The maximum absolute atomic E-state index is 14.6. The van der Waals surface area contributed by atoms with Crippen LogP contribution < -0.4 is 19.4 Å². The molecule has 0 N–H and O–H groups in total. The van der Waals surface area contributed by atoms with Gasteiger partial charge in [0.15, 0.2) is 17.6 Å². The van der Waals surface area contributed by atoms with E-state index < -0.39 is 35.7 Å². The van der Waals surface area contributed by atoms with Crippen LogP contribution in [0.15, 0.2) is 72.8 Å². The number of benzene rings is 3. The zero-order chi connectivity index (χ0) is 25.2. The maximum Gasteiger partial charge on any atom is 0.266 e.